The van der Waals surface area contributed by atoms with E-state index in [-0.39, 0.29) is 11.7 Å². The Morgan fingerprint density at radius 3 is 2.38 bits per heavy atom. The summed E-state index contributed by atoms with van der Waals surface area (Å²) in [6.07, 6.45) is 0. The average molecular weight is 429 g/mol. The van der Waals surface area contributed by atoms with Gasteiger partial charge in [0.25, 0.3) is 0 Å². The number of carbonyl (C=O) groups excluding carboxylic acids is 1. The molecule has 1 amide bonds. The number of phenols is 1. The molecule has 1 aliphatic heterocycles. The van der Waals surface area contributed by atoms with Gasteiger partial charge in [0.05, 0.1) is 6.54 Å². The highest BCUT2D eigenvalue weighted by atomic mass is 16.3. The number of nitrogens with zero attached hydrogens (tertiary/aromatic N) is 3. The monoisotopic (exact) mass is 428 g/mol. The van der Waals surface area contributed by atoms with Crippen molar-refractivity contribution in [2.45, 2.75) is 13.5 Å². The van der Waals surface area contributed by atoms with E-state index in [1.54, 1.807) is 12.1 Å². The number of piperazine rings is 1. The molecule has 1 fully saturated rings. The Hall–Kier alpha value is -3.51. The number of hydrogen-bond donors (Lipinski definition) is 2. The predicted molar refractivity (Wildman–Crippen MR) is 131 cm³/mol. The van der Waals surface area contributed by atoms with Crippen molar-refractivity contribution in [3.63, 3.8) is 0 Å². The summed E-state index contributed by atoms with van der Waals surface area (Å²) in [5.74, 6) is 0.295. The first-order valence-corrected chi connectivity index (χ1v) is 11.2. The van der Waals surface area contributed by atoms with Crippen LogP contribution in [0.2, 0.25) is 0 Å². The molecule has 32 heavy (non-hydrogen) atoms. The SMILES string of the molecule is CCn1c2ccccc2c2cc(NC(=O)CN3CCN(c4ccc(O)cc4)CC3)ccc21. The molecule has 3 aromatic carbocycles. The largest absolute Gasteiger partial charge is 0.508 e. The number of aromatic nitrogens is 1. The van der Waals surface area contributed by atoms with Crippen LogP contribution in [0.5, 0.6) is 5.75 Å². The van der Waals surface area contributed by atoms with Gasteiger partial charge in [-0.3, -0.25) is 9.69 Å². The fourth-order valence-corrected chi connectivity index (χ4v) is 4.70. The number of amides is 1. The van der Waals surface area contributed by atoms with E-state index in [1.165, 1.54) is 21.8 Å². The Morgan fingerprint density at radius 2 is 1.62 bits per heavy atom. The number of anilines is 2. The molecule has 0 bridgehead atoms. The summed E-state index contributed by atoms with van der Waals surface area (Å²) in [6, 6.07) is 21.9. The number of benzene rings is 3. The molecule has 1 aromatic heterocycles. The van der Waals surface area contributed by atoms with Gasteiger partial charge in [-0.05, 0) is 55.5 Å². The lowest BCUT2D eigenvalue weighted by Crippen LogP contribution is -2.48. The number of hydrogen-bond acceptors (Lipinski definition) is 4. The van der Waals surface area contributed by atoms with Crippen LogP contribution in [-0.4, -0.2) is 53.2 Å². The van der Waals surface area contributed by atoms with Crippen LogP contribution in [0.4, 0.5) is 11.4 Å². The normalized spacial score (nSPS) is 14.8. The first kappa shape index (κ1) is 20.4. The second-order valence-corrected chi connectivity index (χ2v) is 8.32. The van der Waals surface area contributed by atoms with Crippen LogP contribution in [0.25, 0.3) is 21.8 Å². The first-order valence-electron chi connectivity index (χ1n) is 11.2. The van der Waals surface area contributed by atoms with E-state index in [4.69, 9.17) is 0 Å². The van der Waals surface area contributed by atoms with Gasteiger partial charge in [-0.1, -0.05) is 18.2 Å². The predicted octanol–water partition coefficient (Wildman–Crippen LogP) is 4.28. The van der Waals surface area contributed by atoms with Crippen LogP contribution in [-0.2, 0) is 11.3 Å². The zero-order valence-corrected chi connectivity index (χ0v) is 18.3. The van der Waals surface area contributed by atoms with Crippen LogP contribution < -0.4 is 10.2 Å². The molecule has 1 aliphatic rings. The number of aryl methyl sites for hydroxylation is 1. The van der Waals surface area contributed by atoms with Crippen molar-refractivity contribution < 1.29 is 9.90 Å². The van der Waals surface area contributed by atoms with Crippen molar-refractivity contribution >= 4 is 39.1 Å². The summed E-state index contributed by atoms with van der Waals surface area (Å²) in [6.45, 7) is 6.84. The van der Waals surface area contributed by atoms with Gasteiger partial charge in [0.1, 0.15) is 5.75 Å². The average Bonchev–Trinajstić information content (AvgIpc) is 3.13. The van der Waals surface area contributed by atoms with Gasteiger partial charge in [-0.25, -0.2) is 0 Å². The number of fused-ring (bicyclic) bond motifs is 3. The third-order valence-electron chi connectivity index (χ3n) is 6.33. The maximum atomic E-state index is 12.7. The van der Waals surface area contributed by atoms with E-state index in [0.29, 0.717) is 6.54 Å². The van der Waals surface area contributed by atoms with Crippen LogP contribution in [0.3, 0.4) is 0 Å². The zero-order valence-electron chi connectivity index (χ0n) is 18.3. The molecular formula is C26H28N4O2. The minimum absolute atomic E-state index is 0.0154. The van der Waals surface area contributed by atoms with E-state index < -0.39 is 0 Å². The van der Waals surface area contributed by atoms with Gasteiger partial charge >= 0.3 is 0 Å². The summed E-state index contributed by atoms with van der Waals surface area (Å²) >= 11 is 0. The van der Waals surface area contributed by atoms with Crippen LogP contribution >= 0.6 is 0 Å². The number of rotatable bonds is 5. The van der Waals surface area contributed by atoms with Gasteiger partial charge in [0, 0.05) is 65.9 Å². The quantitative estimate of drug-likeness (QED) is 0.498. The fourth-order valence-electron chi connectivity index (χ4n) is 4.70. The third kappa shape index (κ3) is 3.89. The maximum Gasteiger partial charge on any atom is 0.238 e. The molecule has 0 radical (unpaired) electrons. The minimum atomic E-state index is 0.0154. The Morgan fingerprint density at radius 1 is 0.906 bits per heavy atom. The van der Waals surface area contributed by atoms with E-state index in [0.717, 1.165) is 44.1 Å². The molecule has 6 heteroatoms. The highest BCUT2D eigenvalue weighted by Gasteiger charge is 2.19. The maximum absolute atomic E-state index is 12.7. The number of aromatic hydroxyl groups is 1. The topological polar surface area (TPSA) is 60.7 Å². The number of carbonyl (C=O) groups is 1. The molecule has 0 aliphatic carbocycles. The molecule has 164 valence electrons. The lowest BCUT2D eigenvalue weighted by Gasteiger charge is -2.35. The third-order valence-corrected chi connectivity index (χ3v) is 6.33. The van der Waals surface area contributed by atoms with Crippen molar-refractivity contribution in [1.29, 1.82) is 0 Å². The smallest absolute Gasteiger partial charge is 0.238 e. The summed E-state index contributed by atoms with van der Waals surface area (Å²) < 4.78 is 2.31. The molecule has 0 spiro atoms. The Balaban J connectivity index is 1.24. The number of para-hydroxylation sites is 1. The van der Waals surface area contributed by atoms with Gasteiger partial charge < -0.3 is 19.9 Å². The van der Waals surface area contributed by atoms with Gasteiger partial charge in [-0.2, -0.15) is 0 Å². The second kappa shape index (κ2) is 8.55. The highest BCUT2D eigenvalue weighted by Crippen LogP contribution is 2.31. The molecule has 0 atom stereocenters. The molecule has 0 saturated carbocycles. The van der Waals surface area contributed by atoms with E-state index >= 15 is 0 Å². The first-order chi connectivity index (χ1) is 15.6. The van der Waals surface area contributed by atoms with Gasteiger partial charge in [-0.15, -0.1) is 0 Å². The fraction of sp³-hybridized carbons (Fsp3) is 0.269. The lowest BCUT2D eigenvalue weighted by atomic mass is 10.1. The second-order valence-electron chi connectivity index (χ2n) is 8.32. The number of nitrogens with one attached hydrogen (secondary N) is 1. The van der Waals surface area contributed by atoms with Gasteiger partial charge in [0.15, 0.2) is 0 Å². The van der Waals surface area contributed by atoms with Crippen LogP contribution in [0.15, 0.2) is 66.7 Å². The molecule has 0 unspecified atom stereocenters. The molecule has 2 N–H and O–H groups in total. The highest BCUT2D eigenvalue weighted by molar-refractivity contribution is 6.09. The lowest BCUT2D eigenvalue weighted by molar-refractivity contribution is -0.117. The number of phenolic OH excluding ortho intramolecular Hbond substituents is 1. The van der Waals surface area contributed by atoms with Crippen molar-refractivity contribution in [2.24, 2.45) is 0 Å². The molecule has 2 heterocycles. The standard InChI is InChI=1S/C26H28N4O2/c1-2-30-24-6-4-3-5-22(24)23-17-19(7-12-25(23)30)27-26(32)18-28-13-15-29(16-14-28)20-8-10-21(31)11-9-20/h3-12,17,31H,2,13-16,18H2,1H3,(H,27,32). The Labute approximate surface area is 187 Å². The van der Waals surface area contributed by atoms with Crippen molar-refractivity contribution in [1.82, 2.24) is 9.47 Å². The van der Waals surface area contributed by atoms with Gasteiger partial charge in [0.2, 0.25) is 5.91 Å². The Bertz CT molecular complexity index is 1250. The summed E-state index contributed by atoms with van der Waals surface area (Å²) in [5.41, 5.74) is 4.35. The minimum Gasteiger partial charge on any atom is -0.508 e. The van der Waals surface area contributed by atoms with Crippen molar-refractivity contribution in [3.8, 4) is 5.75 Å². The van der Waals surface area contributed by atoms with E-state index in [2.05, 4.69) is 63.0 Å². The molecular weight excluding hydrogens is 400 g/mol. The molecule has 4 aromatic rings. The van der Waals surface area contributed by atoms with Crippen LogP contribution in [0, 0.1) is 0 Å². The molecule has 1 saturated heterocycles. The Kier molecular flexibility index (Phi) is 5.45. The molecule has 6 nitrogen and oxygen atoms in total. The molecule has 5 rings (SSSR count). The van der Waals surface area contributed by atoms with Crippen molar-refractivity contribution in [3.05, 3.63) is 66.7 Å². The zero-order chi connectivity index (χ0) is 22.1. The summed E-state index contributed by atoms with van der Waals surface area (Å²) in [5, 5.41) is 14.9. The summed E-state index contributed by atoms with van der Waals surface area (Å²) in [7, 11) is 0. The van der Waals surface area contributed by atoms with E-state index in [9.17, 15) is 9.90 Å². The van der Waals surface area contributed by atoms with Crippen molar-refractivity contribution in [2.75, 3.05) is 42.9 Å². The van der Waals surface area contributed by atoms with E-state index in [1.807, 2.05) is 18.2 Å². The van der Waals surface area contributed by atoms with Crippen LogP contribution in [0.1, 0.15) is 6.92 Å². The summed E-state index contributed by atoms with van der Waals surface area (Å²) in [4.78, 5) is 17.2.